The molecule has 4 rings (SSSR count). The number of aromatic nitrogens is 3. The first kappa shape index (κ1) is 14.0. The van der Waals surface area contributed by atoms with Crippen LogP contribution in [0.3, 0.4) is 0 Å². The summed E-state index contributed by atoms with van der Waals surface area (Å²) in [5.41, 5.74) is 2.00. The highest BCUT2D eigenvalue weighted by Crippen LogP contribution is 2.14. The van der Waals surface area contributed by atoms with Crippen LogP contribution in [0, 0.1) is 0 Å². The zero-order valence-corrected chi connectivity index (χ0v) is 12.6. The zero-order chi connectivity index (χ0) is 15.6. The Morgan fingerprint density at radius 1 is 1.22 bits per heavy atom. The summed E-state index contributed by atoms with van der Waals surface area (Å²) in [4.78, 5) is 20.8. The lowest BCUT2D eigenvalue weighted by Crippen LogP contribution is -2.48. The Kier molecular flexibility index (Phi) is 3.55. The molecule has 0 spiro atoms. The monoisotopic (exact) mass is 311 g/mol. The highest BCUT2D eigenvalue weighted by molar-refractivity contribution is 5.91. The van der Waals surface area contributed by atoms with Crippen LogP contribution in [0.15, 0.2) is 47.5 Å². The molecule has 1 amide bonds. The lowest BCUT2D eigenvalue weighted by molar-refractivity contribution is 0.0598. The van der Waals surface area contributed by atoms with Gasteiger partial charge in [0.15, 0.2) is 11.4 Å². The van der Waals surface area contributed by atoms with Gasteiger partial charge in [0.25, 0.3) is 5.91 Å². The van der Waals surface area contributed by atoms with Crippen molar-refractivity contribution in [1.82, 2.24) is 24.4 Å². The first-order valence-corrected chi connectivity index (χ1v) is 7.63. The Hall–Kier alpha value is -2.67. The molecule has 0 aliphatic carbocycles. The van der Waals surface area contributed by atoms with Crippen molar-refractivity contribution in [3.63, 3.8) is 0 Å². The molecule has 118 valence electrons. The standard InChI is InChI=1S/C16H17N5O2/c22-16(14-3-1-10-23-14)20-8-6-19(7-9-20)12-13-11-18-21-5-2-4-17-15(13)21/h1-5,10-11H,6-9,12H2. The molecule has 3 aromatic rings. The summed E-state index contributed by atoms with van der Waals surface area (Å²) in [6.07, 6.45) is 7.07. The van der Waals surface area contributed by atoms with Crippen LogP contribution >= 0.6 is 0 Å². The molecule has 0 aromatic carbocycles. The number of rotatable bonds is 3. The summed E-state index contributed by atoms with van der Waals surface area (Å²) in [6.45, 7) is 3.86. The Bertz CT molecular complexity index is 803. The minimum atomic E-state index is -0.0349. The first-order valence-electron chi connectivity index (χ1n) is 7.63. The molecule has 1 saturated heterocycles. The average Bonchev–Trinajstić information content (AvgIpc) is 3.25. The maximum absolute atomic E-state index is 12.2. The number of furan rings is 1. The van der Waals surface area contributed by atoms with Crippen molar-refractivity contribution < 1.29 is 9.21 Å². The molecule has 7 heteroatoms. The van der Waals surface area contributed by atoms with Gasteiger partial charge in [-0.05, 0) is 18.2 Å². The predicted octanol–water partition coefficient (Wildman–Crippen LogP) is 1.28. The van der Waals surface area contributed by atoms with Crippen LogP contribution in [-0.2, 0) is 6.54 Å². The third-order valence-electron chi connectivity index (χ3n) is 4.14. The molecular weight excluding hydrogens is 294 g/mol. The van der Waals surface area contributed by atoms with Crippen LogP contribution in [0.4, 0.5) is 0 Å². The molecule has 0 bridgehead atoms. The normalized spacial score (nSPS) is 16.1. The number of amides is 1. The second-order valence-electron chi connectivity index (χ2n) is 5.60. The fourth-order valence-corrected chi connectivity index (χ4v) is 2.89. The smallest absolute Gasteiger partial charge is 0.289 e. The van der Waals surface area contributed by atoms with E-state index in [0.717, 1.165) is 30.8 Å². The van der Waals surface area contributed by atoms with E-state index in [1.165, 1.54) is 6.26 Å². The molecule has 1 fully saturated rings. The minimum Gasteiger partial charge on any atom is -0.459 e. The summed E-state index contributed by atoms with van der Waals surface area (Å²) in [7, 11) is 0. The van der Waals surface area contributed by atoms with Gasteiger partial charge in [-0.25, -0.2) is 9.50 Å². The highest BCUT2D eigenvalue weighted by Gasteiger charge is 2.24. The Morgan fingerprint density at radius 2 is 2.09 bits per heavy atom. The third kappa shape index (κ3) is 2.70. The summed E-state index contributed by atoms with van der Waals surface area (Å²) < 4.78 is 6.97. The van der Waals surface area contributed by atoms with E-state index >= 15 is 0 Å². The Balaban J connectivity index is 1.39. The van der Waals surface area contributed by atoms with Crippen LogP contribution in [0.2, 0.25) is 0 Å². The van der Waals surface area contributed by atoms with Crippen LogP contribution in [0.25, 0.3) is 5.65 Å². The molecule has 0 radical (unpaired) electrons. The van der Waals surface area contributed by atoms with Gasteiger partial charge >= 0.3 is 0 Å². The number of carbonyl (C=O) groups is 1. The summed E-state index contributed by atoms with van der Waals surface area (Å²) in [5.74, 6) is 0.373. The summed E-state index contributed by atoms with van der Waals surface area (Å²) in [5, 5.41) is 4.31. The fourth-order valence-electron chi connectivity index (χ4n) is 2.89. The third-order valence-corrected chi connectivity index (χ3v) is 4.14. The van der Waals surface area contributed by atoms with E-state index in [1.807, 2.05) is 23.4 Å². The van der Waals surface area contributed by atoms with Gasteiger partial charge in [-0.15, -0.1) is 0 Å². The van der Waals surface area contributed by atoms with E-state index in [4.69, 9.17) is 4.42 Å². The summed E-state index contributed by atoms with van der Waals surface area (Å²) >= 11 is 0. The van der Waals surface area contributed by atoms with Gasteiger partial charge in [0, 0.05) is 50.7 Å². The van der Waals surface area contributed by atoms with E-state index < -0.39 is 0 Å². The quantitative estimate of drug-likeness (QED) is 0.729. The number of nitrogens with zero attached hydrogens (tertiary/aromatic N) is 5. The first-order chi connectivity index (χ1) is 11.3. The molecule has 23 heavy (non-hydrogen) atoms. The maximum atomic E-state index is 12.2. The van der Waals surface area contributed by atoms with E-state index in [2.05, 4.69) is 15.0 Å². The van der Waals surface area contributed by atoms with E-state index in [0.29, 0.717) is 18.8 Å². The van der Waals surface area contributed by atoms with Crippen molar-refractivity contribution in [2.75, 3.05) is 26.2 Å². The largest absolute Gasteiger partial charge is 0.459 e. The SMILES string of the molecule is O=C(c1ccco1)N1CCN(Cc2cnn3cccnc23)CC1. The van der Waals surface area contributed by atoms with Crippen LogP contribution < -0.4 is 0 Å². The minimum absolute atomic E-state index is 0.0349. The van der Waals surface area contributed by atoms with Gasteiger partial charge in [-0.2, -0.15) is 5.10 Å². The van der Waals surface area contributed by atoms with E-state index in [9.17, 15) is 4.79 Å². The zero-order valence-electron chi connectivity index (χ0n) is 12.6. The van der Waals surface area contributed by atoms with Gasteiger partial charge < -0.3 is 9.32 Å². The number of hydrogen-bond acceptors (Lipinski definition) is 5. The van der Waals surface area contributed by atoms with E-state index in [-0.39, 0.29) is 5.91 Å². The van der Waals surface area contributed by atoms with Crippen molar-refractivity contribution in [3.05, 3.63) is 54.4 Å². The number of carbonyl (C=O) groups excluding carboxylic acids is 1. The molecule has 3 aromatic heterocycles. The number of hydrogen-bond donors (Lipinski definition) is 0. The second-order valence-corrected chi connectivity index (χ2v) is 5.60. The number of piperazine rings is 1. The van der Waals surface area contributed by atoms with Crippen LogP contribution in [-0.4, -0.2) is 56.5 Å². The molecule has 1 aliphatic rings. The van der Waals surface area contributed by atoms with Crippen molar-refractivity contribution in [3.8, 4) is 0 Å². The highest BCUT2D eigenvalue weighted by atomic mass is 16.3. The molecule has 0 atom stereocenters. The van der Waals surface area contributed by atoms with Crippen LogP contribution in [0.1, 0.15) is 16.1 Å². The van der Waals surface area contributed by atoms with Gasteiger partial charge in [-0.1, -0.05) is 0 Å². The lowest BCUT2D eigenvalue weighted by atomic mass is 10.2. The molecule has 4 heterocycles. The average molecular weight is 311 g/mol. The van der Waals surface area contributed by atoms with Crippen molar-refractivity contribution in [2.24, 2.45) is 0 Å². The molecule has 1 aliphatic heterocycles. The van der Waals surface area contributed by atoms with Gasteiger partial charge in [0.1, 0.15) is 0 Å². The van der Waals surface area contributed by atoms with Gasteiger partial charge in [-0.3, -0.25) is 9.69 Å². The topological polar surface area (TPSA) is 66.9 Å². The summed E-state index contributed by atoms with van der Waals surface area (Å²) in [6, 6.07) is 5.31. The van der Waals surface area contributed by atoms with E-state index in [1.54, 1.807) is 22.8 Å². The molecule has 0 N–H and O–H groups in total. The number of fused-ring (bicyclic) bond motifs is 1. The molecule has 7 nitrogen and oxygen atoms in total. The van der Waals surface area contributed by atoms with Crippen LogP contribution in [0.5, 0.6) is 0 Å². The maximum Gasteiger partial charge on any atom is 0.289 e. The Labute approximate surface area is 133 Å². The molecule has 0 unspecified atom stereocenters. The predicted molar refractivity (Wildman–Crippen MR) is 82.9 cm³/mol. The van der Waals surface area contributed by atoms with Crippen molar-refractivity contribution >= 4 is 11.6 Å². The fraction of sp³-hybridized carbons (Fsp3) is 0.312. The van der Waals surface area contributed by atoms with Crippen molar-refractivity contribution in [2.45, 2.75) is 6.54 Å². The molecular formula is C16H17N5O2. The van der Waals surface area contributed by atoms with Crippen molar-refractivity contribution in [1.29, 1.82) is 0 Å². The Morgan fingerprint density at radius 3 is 2.87 bits per heavy atom. The molecule has 0 saturated carbocycles. The van der Waals surface area contributed by atoms with Gasteiger partial charge in [0.05, 0.1) is 12.5 Å². The van der Waals surface area contributed by atoms with Gasteiger partial charge in [0.2, 0.25) is 0 Å². The lowest BCUT2D eigenvalue weighted by Gasteiger charge is -2.34. The second kappa shape index (κ2) is 5.85.